The molecule has 27 heavy (non-hydrogen) atoms. The Morgan fingerprint density at radius 1 is 1.15 bits per heavy atom. The molecule has 3 heterocycles. The van der Waals surface area contributed by atoms with E-state index in [1.165, 1.54) is 0 Å². The van der Waals surface area contributed by atoms with E-state index in [0.717, 1.165) is 54.1 Å². The molecule has 6 nitrogen and oxygen atoms in total. The number of nitrogens with one attached hydrogen (secondary N) is 2. The second kappa shape index (κ2) is 8.43. The number of aromatic nitrogens is 2. The van der Waals surface area contributed by atoms with Crippen LogP contribution in [0.25, 0.3) is 12.2 Å². The highest BCUT2D eigenvalue weighted by Gasteiger charge is 2.17. The molecule has 0 saturated carbocycles. The summed E-state index contributed by atoms with van der Waals surface area (Å²) >= 11 is 1.99. The van der Waals surface area contributed by atoms with Gasteiger partial charge < -0.3 is 15.6 Å². The smallest absolute Gasteiger partial charge is 0.156 e. The summed E-state index contributed by atoms with van der Waals surface area (Å²) < 4.78 is 0. The maximum atomic E-state index is 4.78. The van der Waals surface area contributed by atoms with Crippen LogP contribution >= 0.6 is 11.8 Å². The molecule has 7 heteroatoms. The Hall–Kier alpha value is -2.54. The monoisotopic (exact) mass is 380 g/mol. The molecule has 4 rings (SSSR count). The number of hydrogen-bond donors (Lipinski definition) is 2. The Morgan fingerprint density at radius 3 is 2.70 bits per heavy atom. The van der Waals surface area contributed by atoms with Gasteiger partial charge >= 0.3 is 0 Å². The maximum Gasteiger partial charge on any atom is 0.156 e. The topological polar surface area (TPSA) is 65.4 Å². The standard InChI is InChI=1S/C20H24N6S/c1-15-13-19(25-24-15)22-18-14-20(26-9-11-27-12-10-26)23-17(21-18)8-7-16-5-3-2-4-6-16/h2-8,14-15,24H,9-13H2,1H3,(H,21,22,23,25)/b8-7+. The lowest BCUT2D eigenvalue weighted by Gasteiger charge is -2.27. The summed E-state index contributed by atoms with van der Waals surface area (Å²) in [5.74, 6) is 5.66. The molecule has 2 aromatic rings. The van der Waals surface area contributed by atoms with E-state index >= 15 is 0 Å². The van der Waals surface area contributed by atoms with Gasteiger partial charge in [-0.2, -0.15) is 16.9 Å². The van der Waals surface area contributed by atoms with Crippen LogP contribution in [0.5, 0.6) is 0 Å². The molecule has 1 fully saturated rings. The van der Waals surface area contributed by atoms with E-state index in [9.17, 15) is 0 Å². The van der Waals surface area contributed by atoms with Gasteiger partial charge in [-0.05, 0) is 18.6 Å². The first-order chi connectivity index (χ1) is 13.3. The summed E-state index contributed by atoms with van der Waals surface area (Å²) in [6.45, 7) is 4.15. The normalized spacial score (nSPS) is 19.8. The van der Waals surface area contributed by atoms with Crippen molar-refractivity contribution in [2.45, 2.75) is 19.4 Å². The van der Waals surface area contributed by atoms with Crippen LogP contribution in [-0.4, -0.2) is 46.4 Å². The van der Waals surface area contributed by atoms with E-state index in [4.69, 9.17) is 4.98 Å². The number of rotatable bonds is 4. The van der Waals surface area contributed by atoms with Gasteiger partial charge in [-0.1, -0.05) is 36.4 Å². The average molecular weight is 381 g/mol. The van der Waals surface area contributed by atoms with Gasteiger partial charge in [-0.3, -0.25) is 0 Å². The molecule has 1 unspecified atom stereocenters. The van der Waals surface area contributed by atoms with Crippen LogP contribution in [0.1, 0.15) is 24.7 Å². The van der Waals surface area contributed by atoms with Gasteiger partial charge in [0.1, 0.15) is 17.5 Å². The quantitative estimate of drug-likeness (QED) is 0.848. The molecule has 0 spiro atoms. The van der Waals surface area contributed by atoms with E-state index in [1.54, 1.807) is 0 Å². The van der Waals surface area contributed by atoms with Crippen molar-refractivity contribution >= 4 is 41.4 Å². The zero-order chi connectivity index (χ0) is 18.5. The maximum absolute atomic E-state index is 4.78. The molecule has 2 N–H and O–H groups in total. The van der Waals surface area contributed by atoms with Crippen molar-refractivity contribution in [3.05, 3.63) is 47.8 Å². The van der Waals surface area contributed by atoms with E-state index in [0.29, 0.717) is 11.9 Å². The van der Waals surface area contributed by atoms with E-state index < -0.39 is 0 Å². The SMILES string of the molecule is CC1CC(Nc2cc(N3CCSCC3)nc(/C=C/c3ccccc3)n2)=NN1. The third-order valence-electron chi connectivity index (χ3n) is 4.48. The number of amidine groups is 1. The van der Waals surface area contributed by atoms with Gasteiger partial charge in [0, 0.05) is 43.1 Å². The van der Waals surface area contributed by atoms with Gasteiger partial charge in [-0.15, -0.1) is 0 Å². The second-order valence-electron chi connectivity index (χ2n) is 6.73. The largest absolute Gasteiger partial charge is 0.355 e. The molecular formula is C20H24N6S. The number of hydrogen-bond acceptors (Lipinski definition) is 7. The van der Waals surface area contributed by atoms with E-state index in [2.05, 4.69) is 44.8 Å². The molecule has 1 aromatic carbocycles. The molecular weight excluding hydrogens is 356 g/mol. The first-order valence-corrected chi connectivity index (χ1v) is 10.5. The average Bonchev–Trinajstić information content (AvgIpc) is 3.12. The third kappa shape index (κ3) is 4.80. The summed E-state index contributed by atoms with van der Waals surface area (Å²) in [4.78, 5) is 11.8. The highest BCUT2D eigenvalue weighted by Crippen LogP contribution is 2.21. The number of thioether (sulfide) groups is 1. The first-order valence-electron chi connectivity index (χ1n) is 9.30. The fourth-order valence-electron chi connectivity index (χ4n) is 3.08. The highest BCUT2D eigenvalue weighted by atomic mass is 32.2. The zero-order valence-electron chi connectivity index (χ0n) is 15.4. The van der Waals surface area contributed by atoms with Gasteiger partial charge in [0.2, 0.25) is 0 Å². The van der Waals surface area contributed by atoms with Crippen LogP contribution < -0.4 is 15.6 Å². The number of hydrazone groups is 1. The predicted octanol–water partition coefficient (Wildman–Crippen LogP) is 3.31. The Balaban J connectivity index is 1.60. The Morgan fingerprint density at radius 2 is 1.96 bits per heavy atom. The molecule has 140 valence electrons. The summed E-state index contributed by atoms with van der Waals surface area (Å²) in [6.07, 6.45) is 4.89. The Bertz CT molecular complexity index is 830. The molecule has 0 bridgehead atoms. The molecule has 0 aliphatic carbocycles. The van der Waals surface area contributed by atoms with Crippen LogP contribution in [0.2, 0.25) is 0 Å². The van der Waals surface area contributed by atoms with Gasteiger partial charge in [0.15, 0.2) is 5.82 Å². The molecule has 1 atom stereocenters. The Kier molecular flexibility index (Phi) is 5.58. The van der Waals surface area contributed by atoms with Crippen molar-refractivity contribution in [2.24, 2.45) is 5.10 Å². The van der Waals surface area contributed by atoms with Gasteiger partial charge in [0.05, 0.1) is 0 Å². The van der Waals surface area contributed by atoms with Crippen LogP contribution in [0.15, 0.2) is 41.5 Å². The lowest BCUT2D eigenvalue weighted by Crippen LogP contribution is -2.33. The minimum atomic E-state index is 0.352. The lowest BCUT2D eigenvalue weighted by molar-refractivity contribution is 0.636. The van der Waals surface area contributed by atoms with E-state index in [1.807, 2.05) is 48.2 Å². The third-order valence-corrected chi connectivity index (χ3v) is 5.42. The molecule has 1 aromatic heterocycles. The van der Waals surface area contributed by atoms with Crippen molar-refractivity contribution in [3.63, 3.8) is 0 Å². The first kappa shape index (κ1) is 17.9. The number of anilines is 2. The van der Waals surface area contributed by atoms with Crippen molar-refractivity contribution in [1.82, 2.24) is 15.4 Å². The minimum absolute atomic E-state index is 0.352. The van der Waals surface area contributed by atoms with Crippen molar-refractivity contribution in [1.29, 1.82) is 0 Å². The molecule has 0 amide bonds. The summed E-state index contributed by atoms with van der Waals surface area (Å²) in [5, 5.41) is 7.70. The van der Waals surface area contributed by atoms with E-state index in [-0.39, 0.29) is 0 Å². The van der Waals surface area contributed by atoms with Crippen LogP contribution in [0.4, 0.5) is 11.6 Å². The number of nitrogens with zero attached hydrogens (tertiary/aromatic N) is 4. The zero-order valence-corrected chi connectivity index (χ0v) is 16.2. The van der Waals surface area contributed by atoms with Gasteiger partial charge in [0.25, 0.3) is 0 Å². The molecule has 2 aliphatic rings. The van der Waals surface area contributed by atoms with Crippen molar-refractivity contribution in [3.8, 4) is 0 Å². The van der Waals surface area contributed by atoms with Crippen molar-refractivity contribution in [2.75, 3.05) is 34.8 Å². The molecule has 1 saturated heterocycles. The lowest BCUT2D eigenvalue weighted by atomic mass is 10.2. The number of benzene rings is 1. The van der Waals surface area contributed by atoms with Gasteiger partial charge in [-0.25, -0.2) is 9.97 Å². The summed E-state index contributed by atoms with van der Waals surface area (Å²) in [7, 11) is 0. The molecule has 2 aliphatic heterocycles. The fraction of sp³-hybridized carbons (Fsp3) is 0.350. The Labute approximate surface area is 164 Å². The second-order valence-corrected chi connectivity index (χ2v) is 7.96. The van der Waals surface area contributed by atoms with Crippen molar-refractivity contribution < 1.29 is 0 Å². The van der Waals surface area contributed by atoms with Crippen LogP contribution in [0, 0.1) is 0 Å². The molecule has 0 radical (unpaired) electrons. The minimum Gasteiger partial charge on any atom is -0.355 e. The predicted molar refractivity (Wildman–Crippen MR) is 115 cm³/mol. The van der Waals surface area contributed by atoms with Crippen LogP contribution in [-0.2, 0) is 0 Å². The van der Waals surface area contributed by atoms with Crippen LogP contribution in [0.3, 0.4) is 0 Å². The summed E-state index contributed by atoms with van der Waals surface area (Å²) in [6, 6.07) is 12.6. The summed E-state index contributed by atoms with van der Waals surface area (Å²) in [5.41, 5.74) is 4.22. The fourth-order valence-corrected chi connectivity index (χ4v) is 3.98. The highest BCUT2D eigenvalue weighted by molar-refractivity contribution is 7.99.